The van der Waals surface area contributed by atoms with Crippen molar-refractivity contribution in [3.8, 4) is 0 Å². The number of hydrogen-bond acceptors (Lipinski definition) is 3. The number of ether oxygens (including phenoxy) is 1. The van der Waals surface area contributed by atoms with Crippen molar-refractivity contribution in [2.45, 2.75) is 51.1 Å². The Morgan fingerprint density at radius 1 is 1.12 bits per heavy atom. The predicted octanol–water partition coefficient (Wildman–Crippen LogP) is 3.42. The highest BCUT2D eigenvalue weighted by Crippen LogP contribution is 2.30. The minimum atomic E-state index is -4.44. The number of carbonyl (C=O) groups is 1. The van der Waals surface area contributed by atoms with Crippen LogP contribution >= 0.6 is 0 Å². The van der Waals surface area contributed by atoms with Crippen molar-refractivity contribution in [1.29, 1.82) is 0 Å². The normalized spacial score (nSPS) is 26.1. The van der Waals surface area contributed by atoms with E-state index in [2.05, 4.69) is 18.7 Å². The summed E-state index contributed by atoms with van der Waals surface area (Å²) in [5, 5.41) is 0. The third-order valence-electron chi connectivity index (χ3n) is 5.15. The summed E-state index contributed by atoms with van der Waals surface area (Å²) in [7, 11) is 0. The molecule has 3 rings (SSSR count). The van der Waals surface area contributed by atoms with E-state index >= 15 is 0 Å². The molecule has 1 aromatic rings. The Labute approximate surface area is 151 Å². The van der Waals surface area contributed by atoms with Gasteiger partial charge in [-0.05, 0) is 44.9 Å². The van der Waals surface area contributed by atoms with Crippen LogP contribution in [0, 0.1) is 0 Å². The van der Waals surface area contributed by atoms with E-state index in [1.54, 1.807) is 4.90 Å². The Bertz CT molecular complexity index is 632. The predicted molar refractivity (Wildman–Crippen MR) is 92.0 cm³/mol. The molecule has 2 heterocycles. The highest BCUT2D eigenvalue weighted by atomic mass is 19.4. The van der Waals surface area contributed by atoms with Crippen LogP contribution in [0.2, 0.25) is 0 Å². The van der Waals surface area contributed by atoms with E-state index in [-0.39, 0.29) is 23.7 Å². The van der Waals surface area contributed by atoms with Crippen molar-refractivity contribution < 1.29 is 22.7 Å². The van der Waals surface area contributed by atoms with Gasteiger partial charge in [-0.2, -0.15) is 13.2 Å². The van der Waals surface area contributed by atoms with E-state index in [0.29, 0.717) is 19.1 Å². The average molecular weight is 370 g/mol. The van der Waals surface area contributed by atoms with Gasteiger partial charge in [0.15, 0.2) is 0 Å². The summed E-state index contributed by atoms with van der Waals surface area (Å²) >= 11 is 0. The minimum absolute atomic E-state index is 0.104. The summed E-state index contributed by atoms with van der Waals surface area (Å²) in [6, 6.07) is 5.08. The van der Waals surface area contributed by atoms with Gasteiger partial charge in [0.25, 0.3) is 5.91 Å². The van der Waals surface area contributed by atoms with Crippen LogP contribution in [0.15, 0.2) is 24.3 Å². The van der Waals surface area contributed by atoms with E-state index in [4.69, 9.17) is 4.74 Å². The van der Waals surface area contributed by atoms with Crippen LogP contribution in [0.25, 0.3) is 0 Å². The first-order chi connectivity index (χ1) is 12.2. The minimum Gasteiger partial charge on any atom is -0.373 e. The lowest BCUT2D eigenvalue weighted by Gasteiger charge is -2.43. The number of alkyl halides is 3. The van der Waals surface area contributed by atoms with Crippen molar-refractivity contribution in [3.05, 3.63) is 35.4 Å². The number of morpholine rings is 1. The molecular formula is C19H25F3N2O2. The molecule has 0 aliphatic carbocycles. The molecule has 26 heavy (non-hydrogen) atoms. The Kier molecular flexibility index (Phi) is 5.58. The average Bonchev–Trinajstić information content (AvgIpc) is 2.60. The number of piperidine rings is 1. The number of nitrogens with zero attached hydrogens (tertiary/aromatic N) is 2. The molecule has 0 N–H and O–H groups in total. The molecule has 1 amide bonds. The summed E-state index contributed by atoms with van der Waals surface area (Å²) in [6.45, 7) is 7.04. The molecule has 4 nitrogen and oxygen atoms in total. The molecular weight excluding hydrogens is 345 g/mol. The van der Waals surface area contributed by atoms with Gasteiger partial charge in [-0.25, -0.2) is 0 Å². The van der Waals surface area contributed by atoms with Crippen molar-refractivity contribution in [2.75, 3.05) is 26.2 Å². The lowest BCUT2D eigenvalue weighted by atomic mass is 10.00. The number of amides is 1. The molecule has 0 aromatic heterocycles. The lowest BCUT2D eigenvalue weighted by Crippen LogP contribution is -2.53. The van der Waals surface area contributed by atoms with Crippen LogP contribution < -0.4 is 0 Å². The van der Waals surface area contributed by atoms with Crippen molar-refractivity contribution >= 4 is 5.91 Å². The quantitative estimate of drug-likeness (QED) is 0.800. The summed E-state index contributed by atoms with van der Waals surface area (Å²) in [4.78, 5) is 16.7. The Morgan fingerprint density at radius 2 is 1.73 bits per heavy atom. The number of halogens is 3. The zero-order chi connectivity index (χ0) is 18.9. The lowest BCUT2D eigenvalue weighted by molar-refractivity contribution is -0.137. The molecule has 7 heteroatoms. The zero-order valence-electron chi connectivity index (χ0n) is 15.1. The molecule has 2 aliphatic heterocycles. The van der Waals surface area contributed by atoms with E-state index < -0.39 is 11.7 Å². The fourth-order valence-corrected chi connectivity index (χ4v) is 3.96. The molecule has 0 radical (unpaired) electrons. The molecule has 2 fully saturated rings. The standard InChI is InChI=1S/C19H25F3N2O2/c1-13-11-24(12-14(2)26-13)17-6-8-23(9-7-17)18(25)15-4-3-5-16(10-15)19(20,21)22/h3-5,10,13-14,17H,6-9,11-12H2,1-2H3/t13-,14+. The number of rotatable bonds is 2. The van der Waals surface area contributed by atoms with Crippen molar-refractivity contribution in [3.63, 3.8) is 0 Å². The molecule has 144 valence electrons. The Hall–Kier alpha value is -1.60. The third-order valence-corrected chi connectivity index (χ3v) is 5.15. The van der Waals surface area contributed by atoms with Crippen LogP contribution in [0.3, 0.4) is 0 Å². The number of benzene rings is 1. The number of likely N-dealkylation sites (tertiary alicyclic amines) is 1. The van der Waals surface area contributed by atoms with E-state index in [0.717, 1.165) is 38.1 Å². The van der Waals surface area contributed by atoms with Crippen LogP contribution in [-0.2, 0) is 10.9 Å². The topological polar surface area (TPSA) is 32.8 Å². The summed E-state index contributed by atoms with van der Waals surface area (Å²) in [5.74, 6) is -0.321. The van der Waals surface area contributed by atoms with Gasteiger partial charge in [0.05, 0.1) is 17.8 Å². The van der Waals surface area contributed by atoms with Gasteiger partial charge in [0, 0.05) is 37.8 Å². The summed E-state index contributed by atoms with van der Waals surface area (Å²) in [5.41, 5.74) is -0.679. The van der Waals surface area contributed by atoms with Gasteiger partial charge in [0.1, 0.15) is 0 Å². The van der Waals surface area contributed by atoms with Gasteiger partial charge in [-0.1, -0.05) is 6.07 Å². The van der Waals surface area contributed by atoms with Crippen LogP contribution in [-0.4, -0.2) is 60.1 Å². The van der Waals surface area contributed by atoms with Crippen LogP contribution in [0.1, 0.15) is 42.6 Å². The van der Waals surface area contributed by atoms with Gasteiger partial charge < -0.3 is 9.64 Å². The molecule has 1 aromatic carbocycles. The first kappa shape index (κ1) is 19.2. The molecule has 0 spiro atoms. The van der Waals surface area contributed by atoms with Crippen molar-refractivity contribution in [1.82, 2.24) is 9.80 Å². The second kappa shape index (κ2) is 7.56. The number of hydrogen-bond donors (Lipinski definition) is 0. The van der Waals surface area contributed by atoms with Gasteiger partial charge in [-0.15, -0.1) is 0 Å². The van der Waals surface area contributed by atoms with Gasteiger partial charge in [-0.3, -0.25) is 9.69 Å². The molecule has 2 aliphatic rings. The first-order valence-electron chi connectivity index (χ1n) is 9.10. The van der Waals surface area contributed by atoms with E-state index in [1.165, 1.54) is 12.1 Å². The smallest absolute Gasteiger partial charge is 0.373 e. The second-order valence-corrected chi connectivity index (χ2v) is 7.31. The van der Waals surface area contributed by atoms with Crippen molar-refractivity contribution in [2.24, 2.45) is 0 Å². The molecule has 0 unspecified atom stereocenters. The van der Waals surface area contributed by atoms with Crippen LogP contribution in [0.5, 0.6) is 0 Å². The maximum Gasteiger partial charge on any atom is 0.416 e. The van der Waals surface area contributed by atoms with Crippen LogP contribution in [0.4, 0.5) is 13.2 Å². The second-order valence-electron chi connectivity index (χ2n) is 7.31. The SMILES string of the molecule is C[C@@H]1CN(C2CCN(C(=O)c3cccc(C(F)(F)F)c3)CC2)C[C@H](C)O1. The monoisotopic (exact) mass is 370 g/mol. The summed E-state index contributed by atoms with van der Waals surface area (Å²) < 4.78 is 44.3. The Balaban J connectivity index is 1.60. The first-order valence-corrected chi connectivity index (χ1v) is 9.10. The fourth-order valence-electron chi connectivity index (χ4n) is 3.96. The zero-order valence-corrected chi connectivity index (χ0v) is 15.1. The highest BCUT2D eigenvalue weighted by molar-refractivity contribution is 5.94. The highest BCUT2D eigenvalue weighted by Gasteiger charge is 2.33. The molecule has 0 saturated carbocycles. The van der Waals surface area contributed by atoms with E-state index in [1.807, 2.05) is 0 Å². The molecule has 2 saturated heterocycles. The maximum absolute atomic E-state index is 12.9. The van der Waals surface area contributed by atoms with E-state index in [9.17, 15) is 18.0 Å². The van der Waals surface area contributed by atoms with Gasteiger partial charge in [0.2, 0.25) is 0 Å². The Morgan fingerprint density at radius 3 is 2.31 bits per heavy atom. The fraction of sp³-hybridized carbons (Fsp3) is 0.632. The molecule has 0 bridgehead atoms. The maximum atomic E-state index is 12.9. The molecule has 2 atom stereocenters. The summed E-state index contributed by atoms with van der Waals surface area (Å²) in [6.07, 6.45) is -2.37. The number of carbonyl (C=O) groups excluding carboxylic acids is 1. The largest absolute Gasteiger partial charge is 0.416 e. The third kappa shape index (κ3) is 4.38. The van der Waals surface area contributed by atoms with Gasteiger partial charge >= 0.3 is 6.18 Å².